The maximum atomic E-state index is 11.5. The normalized spacial score (nSPS) is 10.4. The number of fused-ring (bicyclic) bond motifs is 1. The molecule has 0 unspecified atom stereocenters. The predicted octanol–water partition coefficient (Wildman–Crippen LogP) is 3.14. The van der Waals surface area contributed by atoms with Crippen molar-refractivity contribution in [2.24, 2.45) is 0 Å². The number of hydrogen-bond donors (Lipinski definition) is 1. The molecule has 4 heteroatoms. The Balaban J connectivity index is 2.03. The van der Waals surface area contributed by atoms with Crippen molar-refractivity contribution in [2.75, 3.05) is 18.9 Å². The molecule has 4 nitrogen and oxygen atoms in total. The number of rotatable bonds is 6. The zero-order chi connectivity index (χ0) is 14.4. The van der Waals surface area contributed by atoms with E-state index < -0.39 is 0 Å². The van der Waals surface area contributed by atoms with Crippen molar-refractivity contribution in [3.63, 3.8) is 0 Å². The fraction of sp³-hybridized carbons (Fsp3) is 0.312. The molecule has 0 aliphatic heterocycles. The van der Waals surface area contributed by atoms with Crippen LogP contribution in [-0.4, -0.2) is 19.2 Å². The van der Waals surface area contributed by atoms with Gasteiger partial charge in [-0.05, 0) is 18.6 Å². The summed E-state index contributed by atoms with van der Waals surface area (Å²) in [6.07, 6.45) is 1.87. The summed E-state index contributed by atoms with van der Waals surface area (Å²) in [5, 5.41) is 1.82. The highest BCUT2D eigenvalue weighted by Gasteiger charge is 2.08. The fourth-order valence-electron chi connectivity index (χ4n) is 1.93. The monoisotopic (exact) mass is 273 g/mol. The topological polar surface area (TPSA) is 61.5 Å². The lowest BCUT2D eigenvalue weighted by atomic mass is 10.1. The van der Waals surface area contributed by atoms with Gasteiger partial charge in [-0.3, -0.25) is 0 Å². The van der Waals surface area contributed by atoms with Gasteiger partial charge in [0.05, 0.1) is 6.61 Å². The molecule has 0 saturated carbocycles. The Bertz CT molecular complexity index is 595. The summed E-state index contributed by atoms with van der Waals surface area (Å²) in [7, 11) is 0. The minimum absolute atomic E-state index is 0.0857. The molecule has 106 valence electrons. The van der Waals surface area contributed by atoms with Gasteiger partial charge in [0.1, 0.15) is 5.75 Å². The van der Waals surface area contributed by atoms with E-state index in [2.05, 4.69) is 0 Å². The molecule has 0 atom stereocenters. The molecule has 0 fully saturated rings. The third-order valence-corrected chi connectivity index (χ3v) is 3.02. The Hall–Kier alpha value is -2.23. The second kappa shape index (κ2) is 6.80. The molecule has 2 aromatic carbocycles. The van der Waals surface area contributed by atoms with E-state index in [0.717, 1.165) is 23.6 Å². The van der Waals surface area contributed by atoms with E-state index in [9.17, 15) is 4.79 Å². The van der Waals surface area contributed by atoms with Crippen LogP contribution in [0.3, 0.4) is 0 Å². The number of unbranched alkanes of at least 4 members (excludes halogenated alkanes) is 1. The number of esters is 1. The Morgan fingerprint density at radius 1 is 1.15 bits per heavy atom. The Kier molecular flexibility index (Phi) is 4.82. The summed E-state index contributed by atoms with van der Waals surface area (Å²) in [6.45, 7) is 2.41. The number of ether oxygens (including phenoxy) is 2. The second-order valence-electron chi connectivity index (χ2n) is 4.56. The molecule has 0 amide bonds. The predicted molar refractivity (Wildman–Crippen MR) is 79.7 cm³/mol. The van der Waals surface area contributed by atoms with Gasteiger partial charge < -0.3 is 15.2 Å². The fourth-order valence-corrected chi connectivity index (χ4v) is 1.93. The standard InChI is InChI=1S/C16H19NO3/c1-2-3-10-19-16(18)11-20-15-9-8-14(17)12-6-4-5-7-13(12)15/h4-9H,2-3,10-11,17H2,1H3. The zero-order valence-corrected chi connectivity index (χ0v) is 11.6. The molecule has 0 radical (unpaired) electrons. The number of nitrogens with two attached hydrogens (primary N) is 1. The van der Waals surface area contributed by atoms with Gasteiger partial charge in [0.25, 0.3) is 0 Å². The Labute approximate surface area is 118 Å². The van der Waals surface area contributed by atoms with Crippen molar-refractivity contribution in [3.8, 4) is 5.75 Å². The van der Waals surface area contributed by atoms with Crippen molar-refractivity contribution in [1.29, 1.82) is 0 Å². The van der Waals surface area contributed by atoms with Gasteiger partial charge in [0.15, 0.2) is 6.61 Å². The maximum absolute atomic E-state index is 11.5. The van der Waals surface area contributed by atoms with Gasteiger partial charge in [-0.2, -0.15) is 0 Å². The minimum Gasteiger partial charge on any atom is -0.481 e. The molecule has 20 heavy (non-hydrogen) atoms. The molecular weight excluding hydrogens is 254 g/mol. The van der Waals surface area contributed by atoms with Crippen LogP contribution in [0, 0.1) is 0 Å². The minimum atomic E-state index is -0.348. The highest BCUT2D eigenvalue weighted by molar-refractivity contribution is 5.97. The Morgan fingerprint density at radius 3 is 2.65 bits per heavy atom. The van der Waals surface area contributed by atoms with Gasteiger partial charge >= 0.3 is 5.97 Å². The number of carbonyl (C=O) groups excluding carboxylic acids is 1. The molecule has 2 aromatic rings. The summed E-state index contributed by atoms with van der Waals surface area (Å²) < 4.78 is 10.6. The summed E-state index contributed by atoms with van der Waals surface area (Å²) in [6, 6.07) is 11.2. The van der Waals surface area contributed by atoms with Crippen LogP contribution in [0.1, 0.15) is 19.8 Å². The molecule has 0 heterocycles. The smallest absolute Gasteiger partial charge is 0.344 e. The first kappa shape index (κ1) is 14.2. The van der Waals surface area contributed by atoms with Crippen LogP contribution in [0.25, 0.3) is 10.8 Å². The SMILES string of the molecule is CCCCOC(=O)COc1ccc(N)c2ccccc12. The summed E-state index contributed by atoms with van der Waals surface area (Å²) >= 11 is 0. The van der Waals surface area contributed by atoms with Crippen molar-refractivity contribution in [3.05, 3.63) is 36.4 Å². The molecule has 0 bridgehead atoms. The zero-order valence-electron chi connectivity index (χ0n) is 11.6. The lowest BCUT2D eigenvalue weighted by Gasteiger charge is -2.10. The first-order valence-electron chi connectivity index (χ1n) is 6.78. The molecule has 0 aromatic heterocycles. The molecule has 2 N–H and O–H groups in total. The van der Waals surface area contributed by atoms with Crippen molar-refractivity contribution in [2.45, 2.75) is 19.8 Å². The van der Waals surface area contributed by atoms with Crippen LogP contribution < -0.4 is 10.5 Å². The van der Waals surface area contributed by atoms with Gasteiger partial charge in [0.2, 0.25) is 0 Å². The van der Waals surface area contributed by atoms with E-state index in [-0.39, 0.29) is 12.6 Å². The van der Waals surface area contributed by atoms with Gasteiger partial charge in [-0.15, -0.1) is 0 Å². The van der Waals surface area contributed by atoms with E-state index in [1.165, 1.54) is 0 Å². The second-order valence-corrected chi connectivity index (χ2v) is 4.56. The average Bonchev–Trinajstić information content (AvgIpc) is 2.47. The van der Waals surface area contributed by atoms with Crippen molar-refractivity contribution >= 4 is 22.4 Å². The van der Waals surface area contributed by atoms with Crippen molar-refractivity contribution < 1.29 is 14.3 Å². The van der Waals surface area contributed by atoms with Crippen LogP contribution in [0.15, 0.2) is 36.4 Å². The number of anilines is 1. The summed E-state index contributed by atoms with van der Waals surface area (Å²) in [5.41, 5.74) is 6.61. The summed E-state index contributed by atoms with van der Waals surface area (Å²) in [4.78, 5) is 11.5. The molecule has 0 saturated heterocycles. The van der Waals surface area contributed by atoms with Gasteiger partial charge in [0, 0.05) is 16.5 Å². The Morgan fingerprint density at radius 2 is 1.90 bits per heavy atom. The lowest BCUT2D eigenvalue weighted by Crippen LogP contribution is -2.15. The van der Waals surface area contributed by atoms with E-state index in [1.54, 1.807) is 12.1 Å². The molecular formula is C16H19NO3. The molecule has 0 aliphatic rings. The highest BCUT2D eigenvalue weighted by Crippen LogP contribution is 2.29. The van der Waals surface area contributed by atoms with Crippen LogP contribution >= 0.6 is 0 Å². The van der Waals surface area contributed by atoms with Gasteiger partial charge in [-0.25, -0.2) is 4.79 Å². The molecule has 0 spiro atoms. The summed E-state index contributed by atoms with van der Waals surface area (Å²) in [5.74, 6) is 0.293. The third kappa shape index (κ3) is 3.41. The van der Waals surface area contributed by atoms with E-state index in [1.807, 2.05) is 31.2 Å². The first-order chi connectivity index (χ1) is 9.72. The highest BCUT2D eigenvalue weighted by atomic mass is 16.6. The quantitative estimate of drug-likeness (QED) is 0.499. The number of hydrogen-bond acceptors (Lipinski definition) is 4. The van der Waals surface area contributed by atoms with E-state index >= 15 is 0 Å². The van der Waals surface area contributed by atoms with Crippen LogP contribution in [0.5, 0.6) is 5.75 Å². The van der Waals surface area contributed by atoms with Gasteiger partial charge in [-0.1, -0.05) is 37.6 Å². The third-order valence-electron chi connectivity index (χ3n) is 3.02. The van der Waals surface area contributed by atoms with Crippen LogP contribution in [0.2, 0.25) is 0 Å². The molecule has 2 rings (SSSR count). The first-order valence-corrected chi connectivity index (χ1v) is 6.78. The molecule has 0 aliphatic carbocycles. The van der Waals surface area contributed by atoms with Crippen LogP contribution in [-0.2, 0) is 9.53 Å². The lowest BCUT2D eigenvalue weighted by molar-refractivity contribution is -0.146. The van der Waals surface area contributed by atoms with Crippen molar-refractivity contribution in [1.82, 2.24) is 0 Å². The maximum Gasteiger partial charge on any atom is 0.344 e. The largest absolute Gasteiger partial charge is 0.481 e. The number of nitrogen functional groups attached to an aromatic ring is 1. The van der Waals surface area contributed by atoms with E-state index in [0.29, 0.717) is 18.0 Å². The average molecular weight is 273 g/mol. The number of carbonyl (C=O) groups is 1. The number of benzene rings is 2. The van der Waals surface area contributed by atoms with E-state index in [4.69, 9.17) is 15.2 Å². The van der Waals surface area contributed by atoms with Crippen LogP contribution in [0.4, 0.5) is 5.69 Å².